The highest BCUT2D eigenvalue weighted by atomic mass is 79.9. The van der Waals surface area contributed by atoms with Crippen LogP contribution >= 0.6 is 31.9 Å². The van der Waals surface area contributed by atoms with Gasteiger partial charge in [-0.1, -0.05) is 30.3 Å². The van der Waals surface area contributed by atoms with Crippen LogP contribution in [0.1, 0.15) is 5.56 Å². The van der Waals surface area contributed by atoms with Crippen LogP contribution in [-0.4, -0.2) is 23.8 Å². The standard InChI is InChI=1S/C23H17Br2N3O2/c24-20-7-14(8-21(25)23(20)30)12-27-28-22(29)13-26-19-6-5-17-9-15-3-1-2-4-16(15)10-18(17)11-19/h1-12,26,30H,13H2,(H,28,29)/b27-12+. The van der Waals surface area contributed by atoms with E-state index >= 15 is 0 Å². The molecule has 5 nitrogen and oxygen atoms in total. The number of nitrogens with one attached hydrogen (secondary N) is 2. The number of halogens is 2. The Morgan fingerprint density at radius 2 is 1.53 bits per heavy atom. The van der Waals surface area contributed by atoms with Crippen LogP contribution in [0.5, 0.6) is 5.75 Å². The van der Waals surface area contributed by atoms with E-state index in [0.29, 0.717) is 8.95 Å². The minimum absolute atomic E-state index is 0.0966. The van der Waals surface area contributed by atoms with Gasteiger partial charge in [-0.05, 0) is 95.4 Å². The molecule has 3 N–H and O–H groups in total. The van der Waals surface area contributed by atoms with Crippen molar-refractivity contribution in [2.24, 2.45) is 5.10 Å². The molecule has 0 aliphatic heterocycles. The van der Waals surface area contributed by atoms with Crippen LogP contribution in [0.2, 0.25) is 0 Å². The summed E-state index contributed by atoms with van der Waals surface area (Å²) in [6.07, 6.45) is 1.51. The maximum Gasteiger partial charge on any atom is 0.259 e. The van der Waals surface area contributed by atoms with Gasteiger partial charge in [-0.15, -0.1) is 0 Å². The second-order valence-corrected chi connectivity index (χ2v) is 8.45. The maximum atomic E-state index is 12.1. The Morgan fingerprint density at radius 1 is 0.900 bits per heavy atom. The molecule has 0 saturated heterocycles. The van der Waals surface area contributed by atoms with E-state index in [2.05, 4.69) is 72.0 Å². The molecule has 1 amide bonds. The molecule has 7 heteroatoms. The highest BCUT2D eigenvalue weighted by Crippen LogP contribution is 2.32. The molecule has 4 aromatic rings. The Balaban J connectivity index is 1.38. The van der Waals surface area contributed by atoms with Crippen molar-refractivity contribution in [2.45, 2.75) is 0 Å². The number of phenolic OH excluding ortho intramolecular Hbond substituents is 1. The molecule has 0 aliphatic carbocycles. The van der Waals surface area contributed by atoms with E-state index in [9.17, 15) is 9.90 Å². The van der Waals surface area contributed by atoms with Gasteiger partial charge in [0.2, 0.25) is 0 Å². The van der Waals surface area contributed by atoms with Crippen LogP contribution in [-0.2, 0) is 4.79 Å². The minimum atomic E-state index is -0.262. The summed E-state index contributed by atoms with van der Waals surface area (Å²) in [6, 6.07) is 22.0. The predicted molar refractivity (Wildman–Crippen MR) is 129 cm³/mol. The molecular weight excluding hydrogens is 510 g/mol. The van der Waals surface area contributed by atoms with Gasteiger partial charge in [0.1, 0.15) is 5.75 Å². The predicted octanol–water partition coefficient (Wildman–Crippen LogP) is 5.79. The lowest BCUT2D eigenvalue weighted by molar-refractivity contribution is -0.119. The Labute approximate surface area is 190 Å². The zero-order valence-electron chi connectivity index (χ0n) is 15.7. The number of hydrogen-bond acceptors (Lipinski definition) is 4. The van der Waals surface area contributed by atoms with Gasteiger partial charge in [-0.3, -0.25) is 4.79 Å². The summed E-state index contributed by atoms with van der Waals surface area (Å²) < 4.78 is 1.07. The lowest BCUT2D eigenvalue weighted by Crippen LogP contribution is -2.25. The van der Waals surface area contributed by atoms with E-state index in [1.807, 2.05) is 30.3 Å². The Hall–Kier alpha value is -2.90. The number of fused-ring (bicyclic) bond motifs is 2. The van der Waals surface area contributed by atoms with Gasteiger partial charge in [0.05, 0.1) is 21.7 Å². The van der Waals surface area contributed by atoms with Gasteiger partial charge in [-0.2, -0.15) is 5.10 Å². The molecular formula is C23H17Br2N3O2. The summed E-state index contributed by atoms with van der Waals surface area (Å²) in [5.74, 6) is -0.148. The fourth-order valence-electron chi connectivity index (χ4n) is 3.11. The first-order chi connectivity index (χ1) is 14.5. The van der Waals surface area contributed by atoms with Gasteiger partial charge in [0, 0.05) is 5.69 Å². The van der Waals surface area contributed by atoms with Crippen molar-refractivity contribution in [1.82, 2.24) is 5.43 Å². The number of aromatic hydroxyl groups is 1. The van der Waals surface area contributed by atoms with Crippen LogP contribution in [0.4, 0.5) is 5.69 Å². The van der Waals surface area contributed by atoms with E-state index in [4.69, 9.17) is 0 Å². The summed E-state index contributed by atoms with van der Waals surface area (Å²) in [7, 11) is 0. The van der Waals surface area contributed by atoms with E-state index in [0.717, 1.165) is 22.0 Å². The SMILES string of the molecule is O=C(CNc1ccc2cc3ccccc3cc2c1)N/N=C/c1cc(Br)c(O)c(Br)c1. The second kappa shape index (κ2) is 8.85. The van der Waals surface area contributed by atoms with Gasteiger partial charge >= 0.3 is 0 Å². The van der Waals surface area contributed by atoms with E-state index < -0.39 is 0 Å². The van der Waals surface area contributed by atoms with Crippen molar-refractivity contribution in [1.29, 1.82) is 0 Å². The molecule has 0 fully saturated rings. The zero-order valence-corrected chi connectivity index (χ0v) is 18.9. The largest absolute Gasteiger partial charge is 0.506 e. The molecule has 0 aliphatic rings. The van der Waals surface area contributed by atoms with Crippen molar-refractivity contribution >= 4 is 71.2 Å². The van der Waals surface area contributed by atoms with Gasteiger partial charge in [0.15, 0.2) is 0 Å². The van der Waals surface area contributed by atoms with E-state index in [1.54, 1.807) is 12.1 Å². The Kier molecular flexibility index (Phi) is 6.01. The molecule has 0 saturated carbocycles. The maximum absolute atomic E-state index is 12.1. The first-order valence-electron chi connectivity index (χ1n) is 9.16. The number of hydrogen-bond donors (Lipinski definition) is 3. The second-order valence-electron chi connectivity index (χ2n) is 6.74. The van der Waals surface area contributed by atoms with Crippen molar-refractivity contribution < 1.29 is 9.90 Å². The number of carbonyl (C=O) groups excluding carboxylic acids is 1. The summed E-state index contributed by atoms with van der Waals surface area (Å²) in [4.78, 5) is 12.1. The number of rotatable bonds is 5. The number of carbonyl (C=O) groups is 1. The van der Waals surface area contributed by atoms with Crippen LogP contribution in [0.25, 0.3) is 21.5 Å². The monoisotopic (exact) mass is 525 g/mol. The summed E-state index contributed by atoms with van der Waals surface area (Å²) >= 11 is 6.52. The molecule has 4 aromatic carbocycles. The quantitative estimate of drug-likeness (QED) is 0.175. The number of hydrazone groups is 1. The summed E-state index contributed by atoms with van der Waals surface area (Å²) in [5, 5.41) is 21.5. The Bertz CT molecular complexity index is 1270. The fraction of sp³-hybridized carbons (Fsp3) is 0.0435. The van der Waals surface area contributed by atoms with E-state index in [-0.39, 0.29) is 18.2 Å². The highest BCUT2D eigenvalue weighted by molar-refractivity contribution is 9.11. The first-order valence-corrected chi connectivity index (χ1v) is 10.7. The number of amides is 1. The zero-order chi connectivity index (χ0) is 21.1. The summed E-state index contributed by atoms with van der Waals surface area (Å²) in [6.45, 7) is 0.0966. The smallest absolute Gasteiger partial charge is 0.259 e. The molecule has 0 bridgehead atoms. The van der Waals surface area contributed by atoms with Crippen molar-refractivity contribution in [2.75, 3.05) is 11.9 Å². The lowest BCUT2D eigenvalue weighted by Gasteiger charge is -2.08. The number of anilines is 1. The molecule has 30 heavy (non-hydrogen) atoms. The molecule has 150 valence electrons. The van der Waals surface area contributed by atoms with Crippen molar-refractivity contribution in [3.05, 3.63) is 81.2 Å². The topological polar surface area (TPSA) is 73.7 Å². The van der Waals surface area contributed by atoms with Crippen LogP contribution in [0.15, 0.2) is 80.8 Å². The third-order valence-electron chi connectivity index (χ3n) is 4.60. The number of benzene rings is 4. The molecule has 0 radical (unpaired) electrons. The molecule has 0 aromatic heterocycles. The summed E-state index contributed by atoms with van der Waals surface area (Å²) in [5.41, 5.74) is 4.08. The first kappa shape index (κ1) is 20.4. The van der Waals surface area contributed by atoms with Gasteiger partial charge < -0.3 is 10.4 Å². The Morgan fingerprint density at radius 3 is 2.23 bits per heavy atom. The lowest BCUT2D eigenvalue weighted by atomic mass is 10.0. The molecule has 0 atom stereocenters. The minimum Gasteiger partial charge on any atom is -0.506 e. The third kappa shape index (κ3) is 4.63. The van der Waals surface area contributed by atoms with Gasteiger partial charge in [0.25, 0.3) is 5.91 Å². The van der Waals surface area contributed by atoms with Crippen LogP contribution in [0.3, 0.4) is 0 Å². The van der Waals surface area contributed by atoms with Crippen molar-refractivity contribution in [3.8, 4) is 5.75 Å². The van der Waals surface area contributed by atoms with Crippen LogP contribution < -0.4 is 10.7 Å². The fourth-order valence-corrected chi connectivity index (χ4v) is 4.33. The number of phenols is 1. The molecule has 0 spiro atoms. The van der Waals surface area contributed by atoms with Gasteiger partial charge in [-0.25, -0.2) is 5.43 Å². The normalized spacial score (nSPS) is 11.3. The molecule has 0 heterocycles. The molecule has 4 rings (SSSR count). The average molecular weight is 527 g/mol. The van der Waals surface area contributed by atoms with E-state index in [1.165, 1.54) is 17.0 Å². The molecule has 0 unspecified atom stereocenters. The average Bonchev–Trinajstić information content (AvgIpc) is 2.74. The highest BCUT2D eigenvalue weighted by Gasteiger charge is 2.05. The van der Waals surface area contributed by atoms with Crippen molar-refractivity contribution in [3.63, 3.8) is 0 Å². The van der Waals surface area contributed by atoms with Crippen LogP contribution in [0, 0.1) is 0 Å². The third-order valence-corrected chi connectivity index (χ3v) is 5.81. The number of nitrogens with zero attached hydrogens (tertiary/aromatic N) is 1.